The summed E-state index contributed by atoms with van der Waals surface area (Å²) in [4.78, 5) is 1.93. The highest BCUT2D eigenvalue weighted by molar-refractivity contribution is 5.29. The van der Waals surface area contributed by atoms with Crippen molar-refractivity contribution in [2.24, 2.45) is 0 Å². The zero-order valence-corrected chi connectivity index (χ0v) is 37.7. The maximum absolute atomic E-state index is 9.51. The molecule has 0 spiro atoms. The number of aliphatic hydroxyl groups excluding tert-OH is 1. The van der Waals surface area contributed by atoms with Crippen LogP contribution in [-0.2, 0) is 30.4 Å². The first-order valence-corrected chi connectivity index (χ1v) is 21.5. The van der Waals surface area contributed by atoms with E-state index in [4.69, 9.17) is 14.2 Å². The number of benzene rings is 4. The normalized spacial score (nSPS) is 14.0. The van der Waals surface area contributed by atoms with E-state index in [0.717, 1.165) is 18.1 Å². The zero-order chi connectivity index (χ0) is 42.2. The van der Waals surface area contributed by atoms with E-state index in [2.05, 4.69) is 53.8 Å². The van der Waals surface area contributed by atoms with Gasteiger partial charge in [0.15, 0.2) is 0 Å². The fourth-order valence-electron chi connectivity index (χ4n) is 5.41. The number of para-hydroxylation sites is 2. The van der Waals surface area contributed by atoms with Crippen molar-refractivity contribution >= 4 is 0 Å². The van der Waals surface area contributed by atoms with E-state index >= 15 is 0 Å². The number of hydrogen-bond donors (Lipinski definition) is 2. The molecule has 1 aliphatic heterocycles. The number of aryl methyl sites for hydroxylation is 4. The average molecular weight is 775 g/mol. The lowest BCUT2D eigenvalue weighted by Gasteiger charge is -2.16. The van der Waals surface area contributed by atoms with Crippen LogP contribution in [0.3, 0.4) is 0 Å². The third kappa shape index (κ3) is 28.7. The van der Waals surface area contributed by atoms with Crippen LogP contribution < -0.4 is 14.8 Å². The highest BCUT2D eigenvalue weighted by atomic mass is 16.6. The molecule has 2 N–H and O–H groups in total. The van der Waals surface area contributed by atoms with Crippen LogP contribution >= 0.6 is 0 Å². The molecule has 6 heteroatoms. The van der Waals surface area contributed by atoms with Crippen LogP contribution in [0.4, 0.5) is 0 Å². The van der Waals surface area contributed by atoms with Crippen molar-refractivity contribution < 1.29 is 19.3 Å². The second kappa shape index (κ2) is 39.6. The number of epoxide rings is 1. The maximum atomic E-state index is 9.51. The molecular formula is C50H82N2O4. The molecule has 6 nitrogen and oxygen atoms in total. The Kier molecular flexibility index (Phi) is 38.4. The van der Waals surface area contributed by atoms with Gasteiger partial charge in [-0.25, -0.2) is 0 Å². The van der Waals surface area contributed by atoms with Gasteiger partial charge in [-0.15, -0.1) is 0 Å². The molecule has 1 saturated heterocycles. The number of rotatable bonds is 8. The first kappa shape index (κ1) is 54.4. The fraction of sp³-hybridized carbons (Fsp3) is 0.520. The van der Waals surface area contributed by atoms with E-state index < -0.39 is 6.10 Å². The largest absolute Gasteiger partial charge is 0.491 e. The maximum Gasteiger partial charge on any atom is 0.119 e. The molecule has 0 bridgehead atoms. The summed E-state index contributed by atoms with van der Waals surface area (Å²) in [6, 6.07) is 36.9. The first-order valence-electron chi connectivity index (χ1n) is 21.5. The smallest absolute Gasteiger partial charge is 0.119 e. The van der Waals surface area contributed by atoms with Crippen molar-refractivity contribution in [3.63, 3.8) is 0 Å². The summed E-state index contributed by atoms with van der Waals surface area (Å²) < 4.78 is 15.8. The summed E-state index contributed by atoms with van der Waals surface area (Å²) in [5, 5.41) is 12.3. The van der Waals surface area contributed by atoms with E-state index in [-0.39, 0.29) is 0 Å². The number of likely N-dealkylation sites (N-methyl/N-ethyl adjacent to an activating group) is 1. The van der Waals surface area contributed by atoms with Crippen LogP contribution in [0.15, 0.2) is 109 Å². The van der Waals surface area contributed by atoms with Gasteiger partial charge in [-0.1, -0.05) is 140 Å². The minimum absolute atomic E-state index is 0.336. The molecule has 316 valence electrons. The molecule has 7 rings (SSSR count). The molecule has 4 aromatic rings. The van der Waals surface area contributed by atoms with Crippen molar-refractivity contribution in [3.8, 4) is 11.5 Å². The molecule has 1 fully saturated rings. The lowest BCUT2D eigenvalue weighted by molar-refractivity contribution is 0.0831. The zero-order valence-electron chi connectivity index (χ0n) is 37.7. The van der Waals surface area contributed by atoms with Crippen LogP contribution in [0.1, 0.15) is 103 Å². The van der Waals surface area contributed by atoms with Gasteiger partial charge in [-0.05, 0) is 126 Å². The van der Waals surface area contributed by atoms with E-state index in [1.807, 2.05) is 149 Å². The summed E-state index contributed by atoms with van der Waals surface area (Å²) in [5.41, 5.74) is 6.31. The summed E-state index contributed by atoms with van der Waals surface area (Å²) in [6.45, 7) is 18.5. The third-order valence-corrected chi connectivity index (χ3v) is 7.86. The summed E-state index contributed by atoms with van der Waals surface area (Å²) in [5.74, 6) is 1.72. The predicted molar refractivity (Wildman–Crippen MR) is 245 cm³/mol. The average Bonchev–Trinajstić information content (AvgIpc) is 4.12. The standard InChI is InChI=1S/C11H17NO2.2C10H12.C9H10O2.C2H7N.4C2H6/c1-12(2)8-10(13)9-14-11-6-4-3-5-7-11;2*1-2-6-10-8-4-3-7-9(10)5-1;1-2-4-8(5-3-1)10-6-9-7-11-9;1-3-2;4*1-2/h3-7,10,13H,8-9H2,1-2H3;2*1-2,5-6H,3-4,7-8H2;1-5,9H,6-7H2;3H,1-2H3;4*1-2H3. The topological polar surface area (TPSA) is 66.5 Å². The molecule has 3 aliphatic rings. The third-order valence-electron chi connectivity index (χ3n) is 7.86. The molecule has 56 heavy (non-hydrogen) atoms. The number of fused-ring (bicyclic) bond motifs is 2. The van der Waals surface area contributed by atoms with Crippen molar-refractivity contribution in [1.29, 1.82) is 0 Å². The minimum atomic E-state index is -0.440. The summed E-state index contributed by atoms with van der Waals surface area (Å²) in [7, 11) is 7.59. The Labute approximate surface area is 345 Å². The lowest BCUT2D eigenvalue weighted by atomic mass is 9.92. The van der Waals surface area contributed by atoms with Gasteiger partial charge in [0.25, 0.3) is 0 Å². The van der Waals surface area contributed by atoms with Crippen LogP contribution in [0.2, 0.25) is 0 Å². The van der Waals surface area contributed by atoms with Crippen molar-refractivity contribution in [1.82, 2.24) is 10.2 Å². The van der Waals surface area contributed by atoms with Crippen LogP contribution in [0, 0.1) is 0 Å². The Morgan fingerprint density at radius 2 is 0.875 bits per heavy atom. The highest BCUT2D eigenvalue weighted by Gasteiger charge is 2.22. The number of nitrogens with zero attached hydrogens (tertiary/aromatic N) is 1. The Bertz CT molecular complexity index is 1260. The molecular weight excluding hydrogens is 693 g/mol. The van der Waals surface area contributed by atoms with Crippen molar-refractivity contribution in [3.05, 3.63) is 131 Å². The Hall–Kier alpha value is -3.68. The van der Waals surface area contributed by atoms with Gasteiger partial charge in [0.1, 0.15) is 36.9 Å². The van der Waals surface area contributed by atoms with Gasteiger partial charge < -0.3 is 29.5 Å². The molecule has 2 atom stereocenters. The van der Waals surface area contributed by atoms with Gasteiger partial charge >= 0.3 is 0 Å². The van der Waals surface area contributed by atoms with Gasteiger partial charge in [-0.3, -0.25) is 0 Å². The van der Waals surface area contributed by atoms with Gasteiger partial charge in [-0.2, -0.15) is 0 Å². The van der Waals surface area contributed by atoms with Crippen molar-refractivity contribution in [2.75, 3.05) is 54.6 Å². The van der Waals surface area contributed by atoms with Gasteiger partial charge in [0, 0.05) is 6.54 Å². The van der Waals surface area contributed by atoms with E-state index in [1.54, 1.807) is 22.3 Å². The Balaban J connectivity index is 0. The second-order valence-corrected chi connectivity index (χ2v) is 12.6. The van der Waals surface area contributed by atoms with Crippen LogP contribution in [0.25, 0.3) is 0 Å². The van der Waals surface area contributed by atoms with Gasteiger partial charge in [0.2, 0.25) is 0 Å². The highest BCUT2D eigenvalue weighted by Crippen LogP contribution is 2.21. The lowest BCUT2D eigenvalue weighted by Crippen LogP contribution is -2.30. The van der Waals surface area contributed by atoms with E-state index in [0.29, 0.717) is 25.9 Å². The number of hydrogen-bond acceptors (Lipinski definition) is 6. The molecule has 0 aromatic heterocycles. The fourth-order valence-corrected chi connectivity index (χ4v) is 5.41. The SMILES string of the molecule is CC.CC.CC.CC.CN(C)CC(O)COc1ccccc1.CNC.c1ccc(OCC2CO2)cc1.c1ccc2c(c1)CCCC2.c1ccc2c(c1)CCCC2. The molecule has 0 amide bonds. The molecule has 0 saturated carbocycles. The quantitative estimate of drug-likeness (QED) is 0.174. The predicted octanol–water partition coefficient (Wildman–Crippen LogP) is 11.5. The molecule has 2 aliphatic carbocycles. The molecule has 2 unspecified atom stereocenters. The first-order chi connectivity index (χ1) is 27.5. The van der Waals surface area contributed by atoms with E-state index in [9.17, 15) is 5.11 Å². The summed E-state index contributed by atoms with van der Waals surface area (Å²) >= 11 is 0. The Morgan fingerprint density at radius 3 is 1.18 bits per heavy atom. The minimum Gasteiger partial charge on any atom is -0.491 e. The molecule has 0 radical (unpaired) electrons. The van der Waals surface area contributed by atoms with Crippen LogP contribution in [-0.4, -0.2) is 76.8 Å². The molecule has 4 aromatic carbocycles. The number of nitrogens with one attached hydrogen (secondary N) is 1. The van der Waals surface area contributed by atoms with Crippen LogP contribution in [0.5, 0.6) is 11.5 Å². The van der Waals surface area contributed by atoms with E-state index in [1.165, 1.54) is 51.4 Å². The number of ether oxygens (including phenoxy) is 3. The van der Waals surface area contributed by atoms with Crippen molar-refractivity contribution in [2.45, 2.75) is 119 Å². The monoisotopic (exact) mass is 775 g/mol. The Morgan fingerprint density at radius 1 is 0.571 bits per heavy atom. The second-order valence-electron chi connectivity index (χ2n) is 12.6. The summed E-state index contributed by atoms with van der Waals surface area (Å²) in [6.07, 6.45) is 10.7. The molecule has 1 heterocycles. The van der Waals surface area contributed by atoms with Gasteiger partial charge in [0.05, 0.1) is 6.61 Å². The number of aliphatic hydroxyl groups is 1.